The third-order valence-corrected chi connectivity index (χ3v) is 0.553. The average Bonchev–Trinajstić information content (AvgIpc) is 1.79. The summed E-state index contributed by atoms with van der Waals surface area (Å²) in [6.07, 6.45) is -0.593. The van der Waals surface area contributed by atoms with Crippen LogP contribution in [0.2, 0.25) is 11.4 Å². The standard InChI is InChI=1S/C4H6O4.C2H7AsO2/c5-3(6)1-2-4(7)8;1-3(2,4)5/h1-2H2,(H,5,6)(H,7,8);1-2H3,(H,4,5). The molecule has 0 spiro atoms. The van der Waals surface area contributed by atoms with Crippen LogP contribution in [0, 0.1) is 0 Å². The van der Waals surface area contributed by atoms with Gasteiger partial charge in [0.2, 0.25) is 0 Å². The van der Waals surface area contributed by atoms with Crippen molar-refractivity contribution in [2.24, 2.45) is 0 Å². The minimum absolute atomic E-state index is 0.296. The summed E-state index contributed by atoms with van der Waals surface area (Å²) in [5.74, 6) is -2.15. The van der Waals surface area contributed by atoms with Gasteiger partial charge >= 0.3 is 45.0 Å². The molecule has 0 aromatic heterocycles. The topological polar surface area (TPSA) is 112 Å². The first kappa shape index (κ1) is 14.8. The molecular formula is C6H13AsO6. The molecule has 0 unspecified atom stereocenters. The summed E-state index contributed by atoms with van der Waals surface area (Å²) in [4.78, 5) is 19.3. The molecule has 0 bridgehead atoms. The molecule has 0 aliphatic heterocycles. The largest absolute Gasteiger partial charge is 0.481 e. The van der Waals surface area contributed by atoms with Crippen molar-refractivity contribution >= 4 is 25.8 Å². The van der Waals surface area contributed by atoms with E-state index in [4.69, 9.17) is 14.3 Å². The number of hydrogen-bond donors (Lipinski definition) is 3. The Morgan fingerprint density at radius 3 is 1.31 bits per heavy atom. The van der Waals surface area contributed by atoms with E-state index in [1.165, 1.54) is 11.4 Å². The maximum Gasteiger partial charge on any atom is 0.303 e. The van der Waals surface area contributed by atoms with E-state index in [9.17, 15) is 13.3 Å². The van der Waals surface area contributed by atoms with Crippen molar-refractivity contribution in [1.29, 1.82) is 0 Å². The minimum Gasteiger partial charge on any atom is -0.481 e. The van der Waals surface area contributed by atoms with Gasteiger partial charge in [0.05, 0.1) is 12.8 Å². The second-order valence-corrected chi connectivity index (χ2v) is 8.01. The predicted octanol–water partition coefficient (Wildman–Crippen LogP) is 0.0468. The van der Waals surface area contributed by atoms with Gasteiger partial charge in [-0.05, 0) is 0 Å². The van der Waals surface area contributed by atoms with Gasteiger partial charge in [0.25, 0.3) is 0 Å². The van der Waals surface area contributed by atoms with E-state index < -0.39 is 25.8 Å². The van der Waals surface area contributed by atoms with Crippen molar-refractivity contribution < 1.29 is 27.6 Å². The average molecular weight is 256 g/mol. The molecule has 0 amide bonds. The minimum atomic E-state index is -3.12. The molecule has 7 heteroatoms. The summed E-state index contributed by atoms with van der Waals surface area (Å²) in [5.41, 5.74) is 2.72. The first-order valence-electron chi connectivity index (χ1n) is 3.34. The third kappa shape index (κ3) is 53.2. The monoisotopic (exact) mass is 256 g/mol. The molecule has 3 N–H and O–H groups in total. The molecular weight excluding hydrogens is 243 g/mol. The fourth-order valence-electron chi connectivity index (χ4n) is 0.214. The molecule has 0 heterocycles. The van der Waals surface area contributed by atoms with E-state index in [1.54, 1.807) is 0 Å². The Hall–Kier alpha value is -0.742. The van der Waals surface area contributed by atoms with Gasteiger partial charge in [-0.25, -0.2) is 0 Å². The van der Waals surface area contributed by atoms with E-state index in [0.717, 1.165) is 0 Å². The molecule has 0 rings (SSSR count). The van der Waals surface area contributed by atoms with Gasteiger partial charge in [-0.15, -0.1) is 0 Å². The normalized spacial score (nSPS) is 9.77. The molecule has 0 aromatic carbocycles. The maximum atomic E-state index is 9.83. The first-order chi connectivity index (χ1) is 5.63. The summed E-state index contributed by atoms with van der Waals surface area (Å²) >= 11 is -3.12. The van der Waals surface area contributed by atoms with Crippen LogP contribution in [-0.2, 0) is 13.3 Å². The Labute approximate surface area is 78.2 Å². The van der Waals surface area contributed by atoms with Gasteiger partial charge in [-0.3, -0.25) is 9.59 Å². The number of hydrogen-bond acceptors (Lipinski definition) is 3. The molecule has 78 valence electrons. The van der Waals surface area contributed by atoms with E-state index in [1.807, 2.05) is 0 Å². The quantitative estimate of drug-likeness (QED) is 0.615. The summed E-state index contributed by atoms with van der Waals surface area (Å²) < 4.78 is 18.0. The number of aliphatic carboxylic acids is 2. The van der Waals surface area contributed by atoms with Crippen LogP contribution >= 0.6 is 0 Å². The van der Waals surface area contributed by atoms with Crippen LogP contribution in [0.1, 0.15) is 12.8 Å². The van der Waals surface area contributed by atoms with Crippen molar-refractivity contribution in [3.05, 3.63) is 0 Å². The summed E-state index contributed by atoms with van der Waals surface area (Å²) in [7, 11) is 0. The molecule has 0 aromatic rings. The molecule has 0 fully saturated rings. The molecule has 13 heavy (non-hydrogen) atoms. The molecule has 0 radical (unpaired) electrons. The summed E-state index contributed by atoms with van der Waals surface area (Å²) in [6.45, 7) is 0. The fourth-order valence-corrected chi connectivity index (χ4v) is 0.214. The van der Waals surface area contributed by atoms with Crippen molar-refractivity contribution in [2.45, 2.75) is 24.3 Å². The Balaban J connectivity index is 0. The van der Waals surface area contributed by atoms with Crippen LogP contribution in [0.4, 0.5) is 0 Å². The van der Waals surface area contributed by atoms with Crippen molar-refractivity contribution in [2.75, 3.05) is 0 Å². The van der Waals surface area contributed by atoms with E-state index in [2.05, 4.69) is 0 Å². The Kier molecular flexibility index (Phi) is 7.65. The second kappa shape index (κ2) is 6.74. The molecule has 6 nitrogen and oxygen atoms in total. The number of rotatable bonds is 3. The number of carbonyl (C=O) groups is 2. The maximum absolute atomic E-state index is 9.83. The zero-order valence-electron chi connectivity index (χ0n) is 7.43. The molecule has 0 saturated heterocycles. The molecule has 0 atom stereocenters. The van der Waals surface area contributed by atoms with Gasteiger partial charge in [0.1, 0.15) is 0 Å². The fraction of sp³-hybridized carbons (Fsp3) is 0.667. The Morgan fingerprint density at radius 1 is 1.08 bits per heavy atom. The van der Waals surface area contributed by atoms with Gasteiger partial charge in [0.15, 0.2) is 0 Å². The zero-order chi connectivity index (χ0) is 11.1. The van der Waals surface area contributed by atoms with Crippen LogP contribution in [0.3, 0.4) is 0 Å². The number of carboxylic acid groups (broad SMARTS) is 2. The Morgan fingerprint density at radius 2 is 1.23 bits per heavy atom. The van der Waals surface area contributed by atoms with E-state index >= 15 is 0 Å². The van der Waals surface area contributed by atoms with Crippen LogP contribution in [0.15, 0.2) is 0 Å². The Bertz CT molecular complexity index is 195. The molecule has 0 aliphatic carbocycles. The van der Waals surface area contributed by atoms with Crippen LogP contribution < -0.4 is 0 Å². The van der Waals surface area contributed by atoms with Crippen molar-refractivity contribution in [3.63, 3.8) is 0 Å². The third-order valence-electron chi connectivity index (χ3n) is 0.553. The molecule has 0 aliphatic rings. The molecule has 0 saturated carbocycles. The predicted molar refractivity (Wildman–Crippen MR) is 44.9 cm³/mol. The van der Waals surface area contributed by atoms with Crippen LogP contribution in [0.25, 0.3) is 0 Å². The van der Waals surface area contributed by atoms with Gasteiger partial charge in [-0.1, -0.05) is 0 Å². The zero-order valence-corrected chi connectivity index (χ0v) is 9.30. The van der Waals surface area contributed by atoms with Crippen molar-refractivity contribution in [3.8, 4) is 0 Å². The van der Waals surface area contributed by atoms with Crippen LogP contribution in [-0.4, -0.2) is 40.1 Å². The van der Waals surface area contributed by atoms with E-state index in [-0.39, 0.29) is 12.8 Å². The number of carboxylic acids is 2. The van der Waals surface area contributed by atoms with E-state index in [0.29, 0.717) is 0 Å². The smallest absolute Gasteiger partial charge is 0.303 e. The van der Waals surface area contributed by atoms with Crippen LogP contribution in [0.5, 0.6) is 0 Å². The van der Waals surface area contributed by atoms with Gasteiger partial charge < -0.3 is 10.2 Å². The summed E-state index contributed by atoms with van der Waals surface area (Å²) in [6, 6.07) is 0. The SMILES string of the molecule is C[As](C)(=O)O.O=C(O)CCC(=O)O. The first-order valence-corrected chi connectivity index (χ1v) is 8.70. The van der Waals surface area contributed by atoms with Gasteiger partial charge in [0, 0.05) is 0 Å². The van der Waals surface area contributed by atoms with Gasteiger partial charge in [-0.2, -0.15) is 0 Å². The summed E-state index contributed by atoms with van der Waals surface area (Å²) in [5, 5.41) is 15.8. The second-order valence-electron chi connectivity index (χ2n) is 2.58. The van der Waals surface area contributed by atoms with Crippen molar-refractivity contribution in [1.82, 2.24) is 0 Å².